The molecule has 0 radical (unpaired) electrons. The summed E-state index contributed by atoms with van der Waals surface area (Å²) in [6, 6.07) is 1.11. The number of fused-ring (bicyclic) bond motifs is 1. The van der Waals surface area contributed by atoms with Crippen LogP contribution in [-0.4, -0.2) is 4.98 Å². The molecule has 1 aromatic carbocycles. The topological polar surface area (TPSA) is 12.9 Å². The maximum atomic E-state index is 13.6. The van der Waals surface area contributed by atoms with Crippen molar-refractivity contribution in [3.63, 3.8) is 0 Å². The lowest BCUT2D eigenvalue weighted by Gasteiger charge is -2.04. The second kappa shape index (κ2) is 3.69. The van der Waals surface area contributed by atoms with E-state index in [4.69, 9.17) is 0 Å². The number of pyridine rings is 1. The Balaban J connectivity index is 3.03. The summed E-state index contributed by atoms with van der Waals surface area (Å²) in [6.45, 7) is 0. The van der Waals surface area contributed by atoms with Gasteiger partial charge in [0.1, 0.15) is 11.6 Å². The highest BCUT2D eigenvalue weighted by Crippen LogP contribution is 2.29. The third kappa shape index (κ3) is 1.52. The summed E-state index contributed by atoms with van der Waals surface area (Å²) in [6.07, 6.45) is 2.82. The van der Waals surface area contributed by atoms with E-state index in [2.05, 4.69) is 20.9 Å². The van der Waals surface area contributed by atoms with Crippen molar-refractivity contribution < 1.29 is 8.78 Å². The van der Waals surface area contributed by atoms with Crippen molar-refractivity contribution in [1.82, 2.24) is 4.98 Å². The Morgan fingerprint density at radius 3 is 2.71 bits per heavy atom. The molecule has 0 amide bonds. The molecule has 1 heterocycles. The third-order valence-corrected chi connectivity index (χ3v) is 3.23. The average Bonchev–Trinajstić information content (AvgIpc) is 2.14. The number of nitrogens with zero attached hydrogens (tertiary/aromatic N) is 1. The van der Waals surface area contributed by atoms with Crippen LogP contribution in [0.25, 0.3) is 10.8 Å². The van der Waals surface area contributed by atoms with Crippen LogP contribution in [0, 0.1) is 15.2 Å². The number of aromatic nitrogens is 1. The zero-order chi connectivity index (χ0) is 10.3. The summed E-state index contributed by atoms with van der Waals surface area (Å²) in [5, 5.41) is 0.477. The van der Waals surface area contributed by atoms with Gasteiger partial charge in [0.05, 0.1) is 4.47 Å². The second-order valence-electron chi connectivity index (χ2n) is 2.70. The van der Waals surface area contributed by atoms with Gasteiger partial charge in [-0.1, -0.05) is 0 Å². The number of rotatable bonds is 0. The lowest BCUT2D eigenvalue weighted by Crippen LogP contribution is -1.91. The fraction of sp³-hybridized carbons (Fsp3) is 0. The zero-order valence-electron chi connectivity index (χ0n) is 6.69. The highest BCUT2D eigenvalue weighted by atomic mass is 127. The first-order valence-corrected chi connectivity index (χ1v) is 5.55. The SMILES string of the molecule is Fc1cc(Br)c(F)c2c(I)cncc12. The van der Waals surface area contributed by atoms with Gasteiger partial charge in [-0.2, -0.15) is 0 Å². The molecule has 14 heavy (non-hydrogen) atoms. The van der Waals surface area contributed by atoms with E-state index in [-0.39, 0.29) is 15.2 Å². The Bertz CT molecular complexity index is 516. The summed E-state index contributed by atoms with van der Waals surface area (Å²) in [5.41, 5.74) is 0. The van der Waals surface area contributed by atoms with Crippen LogP contribution in [0.3, 0.4) is 0 Å². The lowest BCUT2D eigenvalue weighted by molar-refractivity contribution is 0.611. The van der Waals surface area contributed by atoms with Crippen LogP contribution in [0.2, 0.25) is 0 Å². The van der Waals surface area contributed by atoms with Crippen molar-refractivity contribution in [2.75, 3.05) is 0 Å². The first-order chi connectivity index (χ1) is 6.61. The van der Waals surface area contributed by atoms with E-state index in [1.807, 2.05) is 22.6 Å². The number of halogens is 4. The Morgan fingerprint density at radius 1 is 1.29 bits per heavy atom. The molecule has 5 heteroatoms. The molecule has 0 aliphatic heterocycles. The van der Waals surface area contributed by atoms with Gasteiger partial charge in [0.2, 0.25) is 0 Å². The van der Waals surface area contributed by atoms with Crippen molar-refractivity contribution in [3.8, 4) is 0 Å². The summed E-state index contributed by atoms with van der Waals surface area (Å²) in [7, 11) is 0. The van der Waals surface area contributed by atoms with Crippen molar-refractivity contribution in [2.45, 2.75) is 0 Å². The van der Waals surface area contributed by atoms with Gasteiger partial charge in [-0.15, -0.1) is 0 Å². The molecule has 2 aromatic rings. The second-order valence-corrected chi connectivity index (χ2v) is 4.71. The van der Waals surface area contributed by atoms with Gasteiger partial charge in [-0.3, -0.25) is 4.98 Å². The summed E-state index contributed by atoms with van der Waals surface area (Å²) in [4.78, 5) is 3.81. The van der Waals surface area contributed by atoms with Gasteiger partial charge in [-0.25, -0.2) is 8.78 Å². The molecule has 1 nitrogen and oxygen atoms in total. The molecule has 1 aromatic heterocycles. The fourth-order valence-electron chi connectivity index (χ4n) is 1.21. The number of hydrogen-bond donors (Lipinski definition) is 0. The summed E-state index contributed by atoms with van der Waals surface area (Å²) in [5.74, 6) is -0.924. The predicted molar refractivity (Wildman–Crippen MR) is 62.1 cm³/mol. The van der Waals surface area contributed by atoms with Gasteiger partial charge < -0.3 is 0 Å². The fourth-order valence-corrected chi connectivity index (χ4v) is 2.30. The maximum absolute atomic E-state index is 13.6. The van der Waals surface area contributed by atoms with Crippen molar-refractivity contribution >= 4 is 49.3 Å². The average molecular weight is 370 g/mol. The quantitative estimate of drug-likeness (QED) is 0.507. The summed E-state index contributed by atoms with van der Waals surface area (Å²) >= 11 is 4.89. The monoisotopic (exact) mass is 369 g/mol. The highest BCUT2D eigenvalue weighted by Gasteiger charge is 2.12. The molecule has 0 aliphatic carbocycles. The molecule has 0 N–H and O–H groups in total. The van der Waals surface area contributed by atoms with Crippen LogP contribution in [-0.2, 0) is 0 Å². The standard InChI is InChI=1S/C9H3BrF2IN/c10-5-1-6(11)4-2-14-3-7(13)8(4)9(5)12/h1-3H. The largest absolute Gasteiger partial charge is 0.263 e. The van der Waals surface area contributed by atoms with Crippen LogP contribution in [0.5, 0.6) is 0 Å². The Hall–Kier alpha value is -0.300. The van der Waals surface area contributed by atoms with Crippen molar-refractivity contribution in [1.29, 1.82) is 0 Å². The lowest BCUT2D eigenvalue weighted by atomic mass is 10.1. The molecule has 0 atom stereocenters. The van der Waals surface area contributed by atoms with Gasteiger partial charge in [0.25, 0.3) is 0 Å². The Morgan fingerprint density at radius 2 is 2.00 bits per heavy atom. The molecular formula is C9H3BrF2IN. The summed E-state index contributed by atoms with van der Waals surface area (Å²) < 4.78 is 27.7. The van der Waals surface area contributed by atoms with Crippen LogP contribution in [0.4, 0.5) is 8.78 Å². The number of benzene rings is 1. The van der Waals surface area contributed by atoms with Crippen LogP contribution >= 0.6 is 38.5 Å². The van der Waals surface area contributed by atoms with Gasteiger partial charge >= 0.3 is 0 Å². The zero-order valence-corrected chi connectivity index (χ0v) is 10.4. The predicted octanol–water partition coefficient (Wildman–Crippen LogP) is 3.88. The number of hydrogen-bond acceptors (Lipinski definition) is 1. The molecular weight excluding hydrogens is 367 g/mol. The van der Waals surface area contributed by atoms with E-state index in [1.165, 1.54) is 12.4 Å². The molecule has 0 unspecified atom stereocenters. The molecule has 72 valence electrons. The van der Waals surface area contributed by atoms with Crippen molar-refractivity contribution in [2.24, 2.45) is 0 Å². The first-order valence-electron chi connectivity index (χ1n) is 3.68. The van der Waals surface area contributed by atoms with E-state index in [0.717, 1.165) is 6.07 Å². The molecule has 0 bridgehead atoms. The smallest absolute Gasteiger partial charge is 0.146 e. The molecule has 0 saturated heterocycles. The van der Waals surface area contributed by atoms with Crippen molar-refractivity contribution in [3.05, 3.63) is 38.1 Å². The van der Waals surface area contributed by atoms with E-state index in [9.17, 15) is 8.78 Å². The molecule has 0 saturated carbocycles. The molecule has 0 aliphatic rings. The normalized spacial score (nSPS) is 10.9. The van der Waals surface area contributed by atoms with E-state index >= 15 is 0 Å². The highest BCUT2D eigenvalue weighted by molar-refractivity contribution is 14.1. The van der Waals surface area contributed by atoms with E-state index < -0.39 is 11.6 Å². The molecule has 0 fully saturated rings. The third-order valence-electron chi connectivity index (χ3n) is 1.84. The molecule has 2 rings (SSSR count). The van der Waals surface area contributed by atoms with E-state index in [1.54, 1.807) is 0 Å². The maximum Gasteiger partial charge on any atom is 0.146 e. The minimum absolute atomic E-state index is 0.131. The minimum Gasteiger partial charge on any atom is -0.263 e. The first kappa shape index (κ1) is 10.2. The van der Waals surface area contributed by atoms with Gasteiger partial charge in [0, 0.05) is 26.7 Å². The Labute approximate surface area is 101 Å². The van der Waals surface area contributed by atoms with Crippen LogP contribution < -0.4 is 0 Å². The van der Waals surface area contributed by atoms with Crippen LogP contribution in [0.15, 0.2) is 22.9 Å². The van der Waals surface area contributed by atoms with Crippen LogP contribution in [0.1, 0.15) is 0 Å². The van der Waals surface area contributed by atoms with E-state index in [0.29, 0.717) is 3.57 Å². The minimum atomic E-state index is -0.473. The van der Waals surface area contributed by atoms with Gasteiger partial charge in [0.15, 0.2) is 0 Å². The Kier molecular flexibility index (Phi) is 2.70. The van der Waals surface area contributed by atoms with Gasteiger partial charge in [-0.05, 0) is 44.6 Å². The molecule has 0 spiro atoms.